The molecule has 0 atom stereocenters. The summed E-state index contributed by atoms with van der Waals surface area (Å²) >= 11 is 3.13. The molecular weight excluding hydrogens is 274 g/mol. The first-order valence-electron chi connectivity index (χ1n) is 4.72. The lowest BCUT2D eigenvalue weighted by molar-refractivity contribution is 0.216. The topological polar surface area (TPSA) is 61.8 Å². The third kappa shape index (κ3) is 3.62. The first-order chi connectivity index (χ1) is 7.67. The summed E-state index contributed by atoms with van der Waals surface area (Å²) in [5.74, 6) is 0. The molecule has 0 fully saturated rings. The Morgan fingerprint density at radius 2 is 2.06 bits per heavy atom. The molecule has 2 amide bonds. The number of hydrogen-bond donors (Lipinski definition) is 1. The number of amides is 2. The number of hydrogen-bond acceptors (Lipinski definition) is 3. The van der Waals surface area contributed by atoms with Gasteiger partial charge in [0.15, 0.2) is 0 Å². The Hall–Kier alpha value is -1.43. The van der Waals surface area contributed by atoms with E-state index in [2.05, 4.69) is 26.5 Å². The van der Waals surface area contributed by atoms with Gasteiger partial charge in [0.2, 0.25) is 0 Å². The quantitative estimate of drug-likeness (QED) is 0.525. The van der Waals surface area contributed by atoms with Crippen LogP contribution in [0.4, 0.5) is 10.5 Å². The number of aryl methyl sites for hydroxylation is 1. The number of benzene rings is 1. The summed E-state index contributed by atoms with van der Waals surface area (Å²) in [5, 5.41) is 6.54. The van der Waals surface area contributed by atoms with Crippen LogP contribution in [0, 0.1) is 11.8 Å². The lowest BCUT2D eigenvalue weighted by Gasteiger charge is -2.12. The number of nitrogens with one attached hydrogen (secondary N) is 1. The molecule has 1 rings (SSSR count). The van der Waals surface area contributed by atoms with Gasteiger partial charge in [0, 0.05) is 11.0 Å². The Bertz CT molecular complexity index is 367. The van der Waals surface area contributed by atoms with E-state index in [1.807, 2.05) is 19.1 Å². The van der Waals surface area contributed by atoms with E-state index in [1.165, 1.54) is 0 Å². The van der Waals surface area contributed by atoms with E-state index in [0.29, 0.717) is 11.0 Å². The standard InChI is InChI=1S/C10H12BrN3O2/c1-8-2-4-9(5-3-8)12-10(15)14(13-16)7-6-11/h2-5H,6-7H2,1H3,(H,12,15). The number of nitrogens with zero attached hydrogens (tertiary/aromatic N) is 2. The first kappa shape index (κ1) is 12.6. The van der Waals surface area contributed by atoms with Gasteiger partial charge in [0.1, 0.15) is 0 Å². The van der Waals surface area contributed by atoms with Gasteiger partial charge in [-0.1, -0.05) is 33.6 Å². The highest BCUT2D eigenvalue weighted by atomic mass is 79.9. The van der Waals surface area contributed by atoms with Crippen LogP contribution in [-0.4, -0.2) is 22.9 Å². The monoisotopic (exact) mass is 285 g/mol. The third-order valence-electron chi connectivity index (χ3n) is 1.93. The van der Waals surface area contributed by atoms with Crippen LogP contribution in [0.3, 0.4) is 0 Å². The molecule has 1 aromatic carbocycles. The van der Waals surface area contributed by atoms with E-state index < -0.39 is 6.03 Å². The molecule has 6 heteroatoms. The van der Waals surface area contributed by atoms with E-state index in [9.17, 15) is 9.70 Å². The first-order valence-corrected chi connectivity index (χ1v) is 5.84. The van der Waals surface area contributed by atoms with Crippen molar-refractivity contribution in [1.29, 1.82) is 0 Å². The molecule has 0 aliphatic carbocycles. The molecular formula is C10H12BrN3O2. The molecule has 0 radical (unpaired) electrons. The van der Waals surface area contributed by atoms with E-state index >= 15 is 0 Å². The van der Waals surface area contributed by atoms with Crippen LogP contribution in [0.2, 0.25) is 0 Å². The summed E-state index contributed by atoms with van der Waals surface area (Å²) in [5.41, 5.74) is 1.74. The molecule has 86 valence electrons. The summed E-state index contributed by atoms with van der Waals surface area (Å²) in [6.45, 7) is 2.19. The van der Waals surface area contributed by atoms with Crippen molar-refractivity contribution in [3.8, 4) is 0 Å². The highest BCUT2D eigenvalue weighted by Crippen LogP contribution is 2.09. The third-order valence-corrected chi connectivity index (χ3v) is 2.29. The van der Waals surface area contributed by atoms with Crippen molar-refractivity contribution in [1.82, 2.24) is 5.01 Å². The van der Waals surface area contributed by atoms with Gasteiger partial charge in [-0.25, -0.2) is 4.79 Å². The predicted octanol–water partition coefficient (Wildman–Crippen LogP) is 2.91. The molecule has 1 N–H and O–H groups in total. The number of urea groups is 1. The Morgan fingerprint density at radius 3 is 2.56 bits per heavy atom. The normalized spacial score (nSPS) is 9.62. The molecule has 5 nitrogen and oxygen atoms in total. The number of alkyl halides is 1. The van der Waals surface area contributed by atoms with Gasteiger partial charge in [-0.3, -0.25) is 0 Å². The van der Waals surface area contributed by atoms with Crippen LogP contribution in [0.5, 0.6) is 0 Å². The van der Waals surface area contributed by atoms with Gasteiger partial charge in [-0.2, -0.15) is 5.01 Å². The molecule has 0 unspecified atom stereocenters. The van der Waals surface area contributed by atoms with E-state index in [1.54, 1.807) is 12.1 Å². The minimum atomic E-state index is -0.529. The average molecular weight is 286 g/mol. The zero-order valence-corrected chi connectivity index (χ0v) is 10.4. The second-order valence-corrected chi connectivity index (χ2v) is 3.98. The van der Waals surface area contributed by atoms with Crippen LogP contribution < -0.4 is 5.32 Å². The van der Waals surface area contributed by atoms with Crippen molar-refractivity contribution in [3.05, 3.63) is 34.7 Å². The Balaban J connectivity index is 2.62. The van der Waals surface area contributed by atoms with Crippen LogP contribution in [-0.2, 0) is 0 Å². The Kier molecular flexibility index (Phi) is 4.91. The molecule has 1 aromatic rings. The van der Waals surface area contributed by atoms with Crippen LogP contribution >= 0.6 is 15.9 Å². The van der Waals surface area contributed by atoms with Crippen molar-refractivity contribution in [2.24, 2.45) is 5.29 Å². The molecule has 0 heterocycles. The summed E-state index contributed by atoms with van der Waals surface area (Å²) in [6, 6.07) is 6.75. The number of anilines is 1. The molecule has 0 aliphatic rings. The van der Waals surface area contributed by atoms with Gasteiger partial charge in [-0.15, -0.1) is 4.91 Å². The van der Waals surface area contributed by atoms with Gasteiger partial charge in [0.05, 0.1) is 11.8 Å². The van der Waals surface area contributed by atoms with E-state index in [-0.39, 0.29) is 6.54 Å². The number of carbonyl (C=O) groups excluding carboxylic acids is 1. The van der Waals surface area contributed by atoms with Crippen molar-refractivity contribution in [3.63, 3.8) is 0 Å². The predicted molar refractivity (Wildman–Crippen MR) is 66.5 cm³/mol. The highest BCUT2D eigenvalue weighted by molar-refractivity contribution is 9.09. The van der Waals surface area contributed by atoms with E-state index in [0.717, 1.165) is 10.6 Å². The SMILES string of the molecule is Cc1ccc(NC(=O)N(CCBr)N=O)cc1. The Labute approximate surface area is 102 Å². The summed E-state index contributed by atoms with van der Waals surface area (Å²) in [7, 11) is 0. The minimum Gasteiger partial charge on any atom is -0.306 e. The maximum Gasteiger partial charge on any atom is 0.344 e. The number of halogens is 1. The van der Waals surface area contributed by atoms with Crippen LogP contribution in [0.25, 0.3) is 0 Å². The molecule has 0 aromatic heterocycles. The molecule has 0 saturated carbocycles. The summed E-state index contributed by atoms with van der Waals surface area (Å²) in [4.78, 5) is 21.9. The highest BCUT2D eigenvalue weighted by Gasteiger charge is 2.12. The second-order valence-electron chi connectivity index (χ2n) is 3.19. The Morgan fingerprint density at radius 1 is 1.44 bits per heavy atom. The largest absolute Gasteiger partial charge is 0.344 e. The number of carbonyl (C=O) groups is 1. The number of nitroso groups, excluding NO2 is 1. The van der Waals surface area contributed by atoms with Crippen molar-refractivity contribution in [2.75, 3.05) is 17.2 Å². The minimum absolute atomic E-state index is 0.237. The van der Waals surface area contributed by atoms with Gasteiger partial charge in [-0.05, 0) is 19.1 Å². The molecule has 0 saturated heterocycles. The fraction of sp³-hybridized carbons (Fsp3) is 0.300. The fourth-order valence-electron chi connectivity index (χ4n) is 1.08. The fourth-order valence-corrected chi connectivity index (χ4v) is 1.42. The van der Waals surface area contributed by atoms with Crippen molar-refractivity contribution in [2.45, 2.75) is 6.92 Å². The smallest absolute Gasteiger partial charge is 0.306 e. The molecule has 0 spiro atoms. The lowest BCUT2D eigenvalue weighted by atomic mass is 10.2. The molecule has 0 bridgehead atoms. The van der Waals surface area contributed by atoms with Gasteiger partial charge >= 0.3 is 6.03 Å². The van der Waals surface area contributed by atoms with Crippen LogP contribution in [0.1, 0.15) is 5.56 Å². The van der Waals surface area contributed by atoms with E-state index in [4.69, 9.17) is 0 Å². The van der Waals surface area contributed by atoms with Crippen molar-refractivity contribution >= 4 is 27.6 Å². The maximum absolute atomic E-state index is 11.5. The van der Waals surface area contributed by atoms with Crippen LogP contribution in [0.15, 0.2) is 29.6 Å². The van der Waals surface area contributed by atoms with Crippen molar-refractivity contribution < 1.29 is 4.79 Å². The number of rotatable bonds is 4. The zero-order valence-electron chi connectivity index (χ0n) is 8.81. The zero-order chi connectivity index (χ0) is 12.0. The van der Waals surface area contributed by atoms with Gasteiger partial charge < -0.3 is 5.32 Å². The lowest BCUT2D eigenvalue weighted by Crippen LogP contribution is -2.31. The molecule has 16 heavy (non-hydrogen) atoms. The average Bonchev–Trinajstić information content (AvgIpc) is 2.29. The van der Waals surface area contributed by atoms with Gasteiger partial charge in [0.25, 0.3) is 0 Å². The summed E-state index contributed by atoms with van der Waals surface area (Å²) in [6.07, 6.45) is 0. The molecule has 0 aliphatic heterocycles. The summed E-state index contributed by atoms with van der Waals surface area (Å²) < 4.78 is 0. The second kappa shape index (κ2) is 6.22. The maximum atomic E-state index is 11.5.